The Hall–Kier alpha value is -3.39. The molecule has 0 radical (unpaired) electrons. The first kappa shape index (κ1) is 19.4. The summed E-state index contributed by atoms with van der Waals surface area (Å²) in [7, 11) is 0. The normalized spacial score (nSPS) is 18.6. The van der Waals surface area contributed by atoms with Gasteiger partial charge in [0, 0.05) is 17.9 Å². The van der Waals surface area contributed by atoms with Crippen molar-refractivity contribution in [1.82, 2.24) is 10.2 Å². The van der Waals surface area contributed by atoms with Crippen LogP contribution in [0.15, 0.2) is 23.3 Å². The van der Waals surface area contributed by atoms with E-state index in [1.165, 1.54) is 12.1 Å². The van der Waals surface area contributed by atoms with Crippen molar-refractivity contribution in [3.63, 3.8) is 0 Å². The standard InChI is InChI=1S/C18H19N5O5/c19-22-20-8-2-1-3-9-28-11-4-5-12-13(10-11)18(27)23(17(12)26)14-6-7-15(24)21-16(14)25/h4-5,10,14H,1-3,6-9H2,(H,21,24,25). The zero-order valence-corrected chi connectivity index (χ0v) is 15.1. The molecule has 1 aromatic rings. The summed E-state index contributed by atoms with van der Waals surface area (Å²) in [6.45, 7) is 0.871. The summed E-state index contributed by atoms with van der Waals surface area (Å²) in [5, 5.41) is 5.62. The SMILES string of the molecule is [N-]=[N+]=NCCCCCOc1ccc2c(c1)C(=O)N(C1CCC(=O)NC1=O)C2=O. The molecule has 28 heavy (non-hydrogen) atoms. The van der Waals surface area contributed by atoms with E-state index in [1.54, 1.807) is 6.07 Å². The first-order valence-electron chi connectivity index (χ1n) is 9.02. The van der Waals surface area contributed by atoms with Gasteiger partial charge in [0.25, 0.3) is 11.8 Å². The molecule has 10 heteroatoms. The predicted molar refractivity (Wildman–Crippen MR) is 96.5 cm³/mol. The van der Waals surface area contributed by atoms with Crippen molar-refractivity contribution in [3.05, 3.63) is 39.8 Å². The topological polar surface area (TPSA) is 142 Å². The molecule has 4 amide bonds. The van der Waals surface area contributed by atoms with E-state index in [2.05, 4.69) is 15.3 Å². The number of carbonyl (C=O) groups excluding carboxylic acids is 4. The third-order valence-corrected chi connectivity index (χ3v) is 4.65. The molecular formula is C18H19N5O5. The zero-order valence-electron chi connectivity index (χ0n) is 15.1. The molecule has 1 unspecified atom stereocenters. The van der Waals surface area contributed by atoms with Crippen LogP contribution < -0.4 is 10.1 Å². The number of nitrogens with zero attached hydrogens (tertiary/aromatic N) is 4. The van der Waals surface area contributed by atoms with Crippen LogP contribution in [-0.4, -0.2) is 47.7 Å². The summed E-state index contributed by atoms with van der Waals surface area (Å²) in [6, 6.07) is 3.64. The lowest BCUT2D eigenvalue weighted by Crippen LogP contribution is -2.54. The highest BCUT2D eigenvalue weighted by atomic mass is 16.5. The lowest BCUT2D eigenvalue weighted by Gasteiger charge is -2.27. The van der Waals surface area contributed by atoms with Gasteiger partial charge in [-0.1, -0.05) is 5.11 Å². The Morgan fingerprint density at radius 1 is 1.14 bits per heavy atom. The van der Waals surface area contributed by atoms with Gasteiger partial charge in [0.15, 0.2) is 0 Å². The quantitative estimate of drug-likeness (QED) is 0.239. The molecule has 1 aromatic carbocycles. The molecule has 2 aliphatic rings. The number of carbonyl (C=O) groups is 4. The van der Waals surface area contributed by atoms with Crippen molar-refractivity contribution in [2.24, 2.45) is 5.11 Å². The van der Waals surface area contributed by atoms with E-state index in [9.17, 15) is 19.2 Å². The molecule has 0 saturated carbocycles. The smallest absolute Gasteiger partial charge is 0.262 e. The first-order chi connectivity index (χ1) is 13.5. The number of benzene rings is 1. The molecule has 1 atom stereocenters. The average Bonchev–Trinajstić information content (AvgIpc) is 2.92. The van der Waals surface area contributed by atoms with Crippen molar-refractivity contribution < 1.29 is 23.9 Å². The van der Waals surface area contributed by atoms with E-state index in [-0.39, 0.29) is 24.0 Å². The second-order valence-electron chi connectivity index (χ2n) is 6.52. The summed E-state index contributed by atoms with van der Waals surface area (Å²) in [6.07, 6.45) is 2.57. The Morgan fingerprint density at radius 2 is 1.93 bits per heavy atom. The number of hydrogen-bond donors (Lipinski definition) is 1. The van der Waals surface area contributed by atoms with E-state index in [0.29, 0.717) is 18.9 Å². The minimum atomic E-state index is -0.981. The van der Waals surface area contributed by atoms with Crippen LogP contribution in [0.3, 0.4) is 0 Å². The number of azide groups is 1. The maximum atomic E-state index is 12.7. The number of amides is 4. The fraction of sp³-hybridized carbons (Fsp3) is 0.444. The van der Waals surface area contributed by atoms with Crippen molar-refractivity contribution in [2.45, 2.75) is 38.1 Å². The number of ether oxygens (including phenoxy) is 1. The zero-order chi connectivity index (χ0) is 20.1. The van der Waals surface area contributed by atoms with Gasteiger partial charge < -0.3 is 4.74 Å². The molecular weight excluding hydrogens is 366 g/mol. The number of imide groups is 2. The Labute approximate surface area is 160 Å². The van der Waals surface area contributed by atoms with Crippen LogP contribution in [0, 0.1) is 0 Å². The Bertz CT molecular complexity index is 877. The molecule has 1 saturated heterocycles. The molecule has 1 N–H and O–H groups in total. The largest absolute Gasteiger partial charge is 0.494 e. The van der Waals surface area contributed by atoms with Gasteiger partial charge in [0.1, 0.15) is 11.8 Å². The predicted octanol–water partition coefficient (Wildman–Crippen LogP) is 1.95. The van der Waals surface area contributed by atoms with Gasteiger partial charge in [-0.05, 0) is 49.4 Å². The molecule has 0 spiro atoms. The molecule has 146 valence electrons. The number of unbranched alkanes of at least 4 members (excludes halogenated alkanes) is 2. The molecule has 2 heterocycles. The lowest BCUT2D eigenvalue weighted by molar-refractivity contribution is -0.136. The third kappa shape index (κ3) is 3.96. The number of rotatable bonds is 8. The third-order valence-electron chi connectivity index (χ3n) is 4.65. The maximum Gasteiger partial charge on any atom is 0.262 e. The summed E-state index contributed by atoms with van der Waals surface area (Å²) in [5.74, 6) is -1.69. The Morgan fingerprint density at radius 3 is 2.68 bits per heavy atom. The number of fused-ring (bicyclic) bond motifs is 1. The number of nitrogens with one attached hydrogen (secondary N) is 1. The number of hydrogen-bond acceptors (Lipinski definition) is 6. The molecule has 3 rings (SSSR count). The van der Waals surface area contributed by atoms with Gasteiger partial charge in [0.05, 0.1) is 17.7 Å². The van der Waals surface area contributed by atoms with Gasteiger partial charge in [-0.3, -0.25) is 29.4 Å². The first-order valence-corrected chi connectivity index (χ1v) is 9.02. The highest BCUT2D eigenvalue weighted by Gasteiger charge is 2.44. The molecule has 0 bridgehead atoms. The summed E-state index contributed by atoms with van der Waals surface area (Å²) in [4.78, 5) is 52.3. The van der Waals surface area contributed by atoms with E-state index in [1.807, 2.05) is 0 Å². The van der Waals surface area contributed by atoms with E-state index in [0.717, 1.165) is 24.2 Å². The highest BCUT2D eigenvalue weighted by Crippen LogP contribution is 2.30. The Balaban J connectivity index is 1.62. The van der Waals surface area contributed by atoms with Crippen LogP contribution in [0.4, 0.5) is 0 Å². The van der Waals surface area contributed by atoms with Gasteiger partial charge >= 0.3 is 0 Å². The minimum Gasteiger partial charge on any atom is -0.494 e. The van der Waals surface area contributed by atoms with Crippen molar-refractivity contribution in [1.29, 1.82) is 0 Å². The van der Waals surface area contributed by atoms with Gasteiger partial charge in [0.2, 0.25) is 11.8 Å². The van der Waals surface area contributed by atoms with Crippen LogP contribution >= 0.6 is 0 Å². The van der Waals surface area contributed by atoms with Crippen LogP contribution in [0.1, 0.15) is 52.8 Å². The van der Waals surface area contributed by atoms with Crippen molar-refractivity contribution in [3.8, 4) is 5.75 Å². The second-order valence-corrected chi connectivity index (χ2v) is 6.52. The summed E-state index contributed by atoms with van der Waals surface area (Å²) < 4.78 is 5.63. The van der Waals surface area contributed by atoms with Gasteiger partial charge in [-0.15, -0.1) is 0 Å². The van der Waals surface area contributed by atoms with Crippen LogP contribution in [0.5, 0.6) is 5.75 Å². The van der Waals surface area contributed by atoms with E-state index in [4.69, 9.17) is 10.3 Å². The molecule has 0 aromatic heterocycles. The van der Waals surface area contributed by atoms with Crippen molar-refractivity contribution in [2.75, 3.05) is 13.2 Å². The molecule has 2 aliphatic heterocycles. The second kappa shape index (κ2) is 8.53. The van der Waals surface area contributed by atoms with E-state index >= 15 is 0 Å². The fourth-order valence-corrected chi connectivity index (χ4v) is 3.24. The van der Waals surface area contributed by atoms with E-state index < -0.39 is 29.7 Å². The van der Waals surface area contributed by atoms with Gasteiger partial charge in [-0.2, -0.15) is 0 Å². The lowest BCUT2D eigenvalue weighted by atomic mass is 10.0. The monoisotopic (exact) mass is 385 g/mol. The molecule has 0 aliphatic carbocycles. The van der Waals surface area contributed by atoms with Gasteiger partial charge in [-0.25, -0.2) is 0 Å². The number of piperidine rings is 1. The van der Waals surface area contributed by atoms with Crippen LogP contribution in [-0.2, 0) is 9.59 Å². The minimum absolute atomic E-state index is 0.0812. The highest BCUT2D eigenvalue weighted by molar-refractivity contribution is 6.23. The summed E-state index contributed by atoms with van der Waals surface area (Å²) >= 11 is 0. The summed E-state index contributed by atoms with van der Waals surface area (Å²) in [5.41, 5.74) is 8.61. The molecule has 1 fully saturated rings. The van der Waals surface area contributed by atoms with Crippen molar-refractivity contribution >= 4 is 23.6 Å². The fourth-order valence-electron chi connectivity index (χ4n) is 3.24. The Kier molecular flexibility index (Phi) is 5.90. The van der Waals surface area contributed by atoms with Crippen LogP contribution in [0.25, 0.3) is 10.4 Å². The maximum absolute atomic E-state index is 12.7. The van der Waals surface area contributed by atoms with Crippen LogP contribution in [0.2, 0.25) is 0 Å². The average molecular weight is 385 g/mol. The molecule has 10 nitrogen and oxygen atoms in total.